The molecule has 0 saturated carbocycles. The standard InChI is InChI=1S/C23H20F2N6O/c24-17-10-9-15(14-16(17)22-28-27-21-8-2-1-5-12-30(21)22)26-23(32)19-11-13-31(29-19)20-7-4-3-6-18(20)25/h3-4,6-7,9-11,13-14H,1-2,5,8,12H2,(H,26,32). The van der Waals surface area contributed by atoms with Crippen molar-refractivity contribution < 1.29 is 13.6 Å². The van der Waals surface area contributed by atoms with Crippen molar-refractivity contribution in [2.45, 2.75) is 32.2 Å². The smallest absolute Gasteiger partial charge is 0.276 e. The molecule has 1 aliphatic rings. The van der Waals surface area contributed by atoms with E-state index in [1.165, 1.54) is 35.1 Å². The van der Waals surface area contributed by atoms with Crippen LogP contribution in [0.1, 0.15) is 35.6 Å². The van der Waals surface area contributed by atoms with Crippen LogP contribution >= 0.6 is 0 Å². The number of aryl methyl sites for hydroxylation is 1. The summed E-state index contributed by atoms with van der Waals surface area (Å²) in [5.74, 6) is -0.0634. The van der Waals surface area contributed by atoms with E-state index in [9.17, 15) is 13.6 Å². The van der Waals surface area contributed by atoms with E-state index in [1.54, 1.807) is 24.3 Å². The number of hydrogen-bond donors (Lipinski definition) is 1. The number of benzene rings is 2. The van der Waals surface area contributed by atoms with Gasteiger partial charge in [0.15, 0.2) is 11.5 Å². The molecule has 0 saturated heterocycles. The third-order valence-corrected chi connectivity index (χ3v) is 5.50. The first-order valence-corrected chi connectivity index (χ1v) is 10.4. The second kappa shape index (κ2) is 8.33. The highest BCUT2D eigenvalue weighted by molar-refractivity contribution is 6.03. The molecule has 3 heterocycles. The molecule has 0 radical (unpaired) electrons. The summed E-state index contributed by atoms with van der Waals surface area (Å²) in [7, 11) is 0. The van der Waals surface area contributed by atoms with Gasteiger partial charge in [0, 0.05) is 24.8 Å². The van der Waals surface area contributed by atoms with Gasteiger partial charge in [-0.05, 0) is 49.2 Å². The number of fused-ring (bicyclic) bond motifs is 1. The molecule has 1 amide bonds. The molecular formula is C23H20F2N6O. The van der Waals surface area contributed by atoms with Crippen molar-refractivity contribution in [1.29, 1.82) is 0 Å². The SMILES string of the molecule is O=C(Nc1ccc(F)c(-c2nnc3n2CCCCC3)c1)c1ccn(-c2ccccc2F)n1. The zero-order valence-electron chi connectivity index (χ0n) is 17.1. The fourth-order valence-electron chi connectivity index (χ4n) is 3.87. The number of carbonyl (C=O) groups excluding carboxylic acids is 1. The van der Waals surface area contributed by atoms with Gasteiger partial charge in [-0.25, -0.2) is 13.5 Å². The molecular weight excluding hydrogens is 414 g/mol. The molecule has 0 atom stereocenters. The molecule has 1 N–H and O–H groups in total. The molecule has 0 aliphatic carbocycles. The summed E-state index contributed by atoms with van der Waals surface area (Å²) in [6.07, 6.45) is 5.45. The molecule has 2 aromatic carbocycles. The number of rotatable bonds is 4. The second-order valence-corrected chi connectivity index (χ2v) is 7.65. The van der Waals surface area contributed by atoms with Crippen LogP contribution in [0, 0.1) is 11.6 Å². The predicted molar refractivity (Wildman–Crippen MR) is 114 cm³/mol. The lowest BCUT2D eigenvalue weighted by atomic mass is 10.1. The molecule has 32 heavy (non-hydrogen) atoms. The van der Waals surface area contributed by atoms with Crippen molar-refractivity contribution in [1.82, 2.24) is 24.5 Å². The van der Waals surface area contributed by atoms with Crippen LogP contribution in [0.4, 0.5) is 14.5 Å². The molecule has 4 aromatic rings. The molecule has 5 rings (SSSR count). The maximum atomic E-state index is 14.6. The van der Waals surface area contributed by atoms with Gasteiger partial charge >= 0.3 is 0 Å². The van der Waals surface area contributed by atoms with Gasteiger partial charge in [0.05, 0.1) is 5.56 Å². The van der Waals surface area contributed by atoms with E-state index < -0.39 is 17.5 Å². The molecule has 162 valence electrons. The van der Waals surface area contributed by atoms with Crippen molar-refractivity contribution in [3.8, 4) is 17.1 Å². The van der Waals surface area contributed by atoms with Gasteiger partial charge in [0.25, 0.3) is 5.91 Å². The van der Waals surface area contributed by atoms with E-state index in [2.05, 4.69) is 20.6 Å². The lowest BCUT2D eigenvalue weighted by Gasteiger charge is -2.10. The van der Waals surface area contributed by atoms with Crippen LogP contribution in [0.3, 0.4) is 0 Å². The largest absolute Gasteiger partial charge is 0.321 e. The quantitative estimate of drug-likeness (QED) is 0.517. The zero-order chi connectivity index (χ0) is 22.1. The molecule has 0 bridgehead atoms. The Labute approximate surface area is 182 Å². The highest BCUT2D eigenvalue weighted by atomic mass is 19.1. The van der Waals surface area contributed by atoms with Crippen LogP contribution in [-0.2, 0) is 13.0 Å². The summed E-state index contributed by atoms with van der Waals surface area (Å²) >= 11 is 0. The van der Waals surface area contributed by atoms with Gasteiger partial charge < -0.3 is 9.88 Å². The second-order valence-electron chi connectivity index (χ2n) is 7.65. The zero-order valence-corrected chi connectivity index (χ0v) is 17.1. The fourth-order valence-corrected chi connectivity index (χ4v) is 3.87. The summed E-state index contributed by atoms with van der Waals surface area (Å²) < 4.78 is 31.9. The minimum atomic E-state index is -0.488. The highest BCUT2D eigenvalue weighted by Gasteiger charge is 2.20. The van der Waals surface area contributed by atoms with E-state index in [1.807, 2.05) is 4.57 Å². The normalized spacial score (nSPS) is 13.4. The van der Waals surface area contributed by atoms with Crippen LogP contribution in [0.2, 0.25) is 0 Å². The van der Waals surface area contributed by atoms with E-state index in [4.69, 9.17) is 0 Å². The number of aromatic nitrogens is 5. The number of nitrogens with one attached hydrogen (secondary N) is 1. The first kappa shape index (κ1) is 20.0. The van der Waals surface area contributed by atoms with E-state index in [0.29, 0.717) is 11.5 Å². The lowest BCUT2D eigenvalue weighted by molar-refractivity contribution is 0.102. The van der Waals surface area contributed by atoms with Crippen molar-refractivity contribution in [3.05, 3.63) is 77.9 Å². The topological polar surface area (TPSA) is 77.6 Å². The molecule has 0 spiro atoms. The molecule has 7 nitrogen and oxygen atoms in total. The Morgan fingerprint density at radius 2 is 1.84 bits per heavy atom. The molecule has 2 aromatic heterocycles. The molecule has 0 fully saturated rings. The average Bonchev–Trinajstić information content (AvgIpc) is 3.37. The number of amides is 1. The third-order valence-electron chi connectivity index (χ3n) is 5.50. The van der Waals surface area contributed by atoms with Crippen molar-refractivity contribution in [2.75, 3.05) is 5.32 Å². The fraction of sp³-hybridized carbons (Fsp3) is 0.217. The number of anilines is 1. The van der Waals surface area contributed by atoms with Gasteiger partial charge in [-0.1, -0.05) is 18.6 Å². The van der Waals surface area contributed by atoms with Crippen LogP contribution < -0.4 is 5.32 Å². The first-order chi connectivity index (χ1) is 15.6. The maximum Gasteiger partial charge on any atom is 0.276 e. The Kier molecular flexibility index (Phi) is 5.22. The Bertz CT molecular complexity index is 1300. The lowest BCUT2D eigenvalue weighted by Crippen LogP contribution is -2.13. The monoisotopic (exact) mass is 434 g/mol. The number of carbonyl (C=O) groups is 1. The summed E-state index contributed by atoms with van der Waals surface area (Å²) in [6.45, 7) is 0.737. The summed E-state index contributed by atoms with van der Waals surface area (Å²) in [5.41, 5.74) is 1.02. The maximum absolute atomic E-state index is 14.6. The van der Waals surface area contributed by atoms with E-state index >= 15 is 0 Å². The molecule has 1 aliphatic heterocycles. The molecule has 9 heteroatoms. The van der Waals surface area contributed by atoms with Crippen molar-refractivity contribution in [3.63, 3.8) is 0 Å². The molecule has 0 unspecified atom stereocenters. The van der Waals surface area contributed by atoms with Crippen LogP contribution in [0.15, 0.2) is 54.7 Å². The Hall–Kier alpha value is -3.88. The van der Waals surface area contributed by atoms with Crippen molar-refractivity contribution >= 4 is 11.6 Å². The van der Waals surface area contributed by atoms with Gasteiger partial charge in [0.1, 0.15) is 23.1 Å². The van der Waals surface area contributed by atoms with Crippen molar-refractivity contribution in [2.24, 2.45) is 0 Å². The number of para-hydroxylation sites is 1. The van der Waals surface area contributed by atoms with Gasteiger partial charge in [0.2, 0.25) is 0 Å². The third kappa shape index (κ3) is 3.77. The van der Waals surface area contributed by atoms with Crippen LogP contribution in [0.25, 0.3) is 17.1 Å². The number of hydrogen-bond acceptors (Lipinski definition) is 4. The Morgan fingerprint density at radius 3 is 2.72 bits per heavy atom. The number of halogens is 2. The summed E-state index contributed by atoms with van der Waals surface area (Å²) in [4.78, 5) is 12.7. The minimum Gasteiger partial charge on any atom is -0.321 e. The van der Waals surface area contributed by atoms with Gasteiger partial charge in [-0.2, -0.15) is 5.10 Å². The number of nitrogens with zero attached hydrogens (tertiary/aromatic N) is 5. The summed E-state index contributed by atoms with van der Waals surface area (Å²) in [6, 6.07) is 12.0. The predicted octanol–water partition coefficient (Wildman–Crippen LogP) is 4.39. The minimum absolute atomic E-state index is 0.107. The highest BCUT2D eigenvalue weighted by Crippen LogP contribution is 2.27. The summed E-state index contributed by atoms with van der Waals surface area (Å²) in [5, 5.41) is 15.3. The van der Waals surface area contributed by atoms with Gasteiger partial charge in [-0.15, -0.1) is 10.2 Å². The van der Waals surface area contributed by atoms with Crippen LogP contribution in [-0.4, -0.2) is 30.5 Å². The van der Waals surface area contributed by atoms with E-state index in [-0.39, 0.29) is 16.9 Å². The first-order valence-electron chi connectivity index (χ1n) is 10.4. The average molecular weight is 434 g/mol. The van der Waals surface area contributed by atoms with Gasteiger partial charge in [-0.3, -0.25) is 4.79 Å². The Balaban J connectivity index is 1.40. The van der Waals surface area contributed by atoms with Crippen LogP contribution in [0.5, 0.6) is 0 Å². The Morgan fingerprint density at radius 1 is 0.969 bits per heavy atom. The van der Waals surface area contributed by atoms with E-state index in [0.717, 1.165) is 38.1 Å².